The van der Waals surface area contributed by atoms with Gasteiger partial charge in [-0.25, -0.2) is 0 Å². The Morgan fingerprint density at radius 3 is 2.62 bits per heavy atom. The minimum Gasteiger partial charge on any atom is -0.359 e. The van der Waals surface area contributed by atoms with Crippen LogP contribution in [0.5, 0.6) is 0 Å². The molecule has 1 heterocycles. The van der Waals surface area contributed by atoms with Crippen LogP contribution in [0.1, 0.15) is 16.9 Å². The van der Waals surface area contributed by atoms with E-state index in [1.54, 1.807) is 32.4 Å². The van der Waals surface area contributed by atoms with E-state index in [4.69, 9.17) is 0 Å². The number of carbonyl (C=O) groups excluding carboxylic acids is 2. The zero-order valence-corrected chi connectivity index (χ0v) is 7.70. The summed E-state index contributed by atoms with van der Waals surface area (Å²) in [7, 11) is 3.26. The lowest BCUT2D eigenvalue weighted by Crippen LogP contribution is -2.24. The van der Waals surface area contributed by atoms with Gasteiger partial charge in [-0.05, 0) is 12.1 Å². The Morgan fingerprint density at radius 1 is 1.46 bits per heavy atom. The Bertz CT molecular complexity index is 301. The summed E-state index contributed by atoms with van der Waals surface area (Å²) in [5.74, 6) is -0.358. The molecule has 0 aliphatic heterocycles. The first kappa shape index (κ1) is 9.51. The third kappa shape index (κ3) is 2.43. The van der Waals surface area contributed by atoms with Gasteiger partial charge in [-0.2, -0.15) is 0 Å². The number of aromatic amines is 1. The van der Waals surface area contributed by atoms with Gasteiger partial charge >= 0.3 is 0 Å². The monoisotopic (exact) mass is 180 g/mol. The number of H-pyrrole nitrogens is 1. The van der Waals surface area contributed by atoms with Gasteiger partial charge in [-0.1, -0.05) is 0 Å². The quantitative estimate of drug-likeness (QED) is 0.549. The highest BCUT2D eigenvalue weighted by molar-refractivity contribution is 6.06. The van der Waals surface area contributed by atoms with Crippen molar-refractivity contribution in [3.05, 3.63) is 24.0 Å². The molecule has 0 aliphatic rings. The SMILES string of the molecule is CN(C)C(=O)CC(=O)c1ccc[nH]1. The van der Waals surface area contributed by atoms with Crippen molar-refractivity contribution in [2.45, 2.75) is 6.42 Å². The van der Waals surface area contributed by atoms with Crippen LogP contribution in [-0.2, 0) is 4.79 Å². The van der Waals surface area contributed by atoms with Gasteiger partial charge < -0.3 is 9.88 Å². The normalized spacial score (nSPS) is 9.69. The van der Waals surface area contributed by atoms with Crippen LogP contribution in [0.2, 0.25) is 0 Å². The molecule has 1 aromatic heterocycles. The Balaban J connectivity index is 2.57. The molecular formula is C9H12N2O2. The molecule has 0 aliphatic carbocycles. The average Bonchev–Trinajstić information content (AvgIpc) is 2.55. The molecule has 1 amide bonds. The molecule has 0 atom stereocenters. The summed E-state index contributed by atoms with van der Waals surface area (Å²) in [6.07, 6.45) is 1.58. The van der Waals surface area contributed by atoms with Gasteiger partial charge in [0.1, 0.15) is 0 Å². The summed E-state index contributed by atoms with van der Waals surface area (Å²) in [5.41, 5.74) is 0.482. The summed E-state index contributed by atoms with van der Waals surface area (Å²) in [5, 5.41) is 0. The van der Waals surface area contributed by atoms with Crippen LogP contribution < -0.4 is 0 Å². The largest absolute Gasteiger partial charge is 0.359 e. The number of nitrogens with zero attached hydrogens (tertiary/aromatic N) is 1. The number of amides is 1. The van der Waals surface area contributed by atoms with E-state index in [2.05, 4.69) is 4.98 Å². The van der Waals surface area contributed by atoms with E-state index < -0.39 is 0 Å². The predicted molar refractivity (Wildman–Crippen MR) is 48.4 cm³/mol. The summed E-state index contributed by atoms with van der Waals surface area (Å²) in [6.45, 7) is 0. The fourth-order valence-corrected chi connectivity index (χ4v) is 0.894. The number of hydrogen-bond donors (Lipinski definition) is 1. The fraction of sp³-hybridized carbons (Fsp3) is 0.333. The highest BCUT2D eigenvalue weighted by Crippen LogP contribution is 2.00. The van der Waals surface area contributed by atoms with Gasteiger partial charge in [0.05, 0.1) is 12.1 Å². The Kier molecular flexibility index (Phi) is 2.84. The van der Waals surface area contributed by atoms with Gasteiger partial charge in [-0.15, -0.1) is 0 Å². The van der Waals surface area contributed by atoms with Crippen molar-refractivity contribution in [2.75, 3.05) is 14.1 Å². The lowest BCUT2D eigenvalue weighted by Gasteiger charge is -2.08. The lowest BCUT2D eigenvalue weighted by molar-refractivity contribution is -0.127. The maximum Gasteiger partial charge on any atom is 0.229 e. The number of nitrogens with one attached hydrogen (secondary N) is 1. The molecule has 4 heteroatoms. The number of ketones is 1. The molecule has 0 fully saturated rings. The van der Waals surface area contributed by atoms with Crippen molar-refractivity contribution in [3.8, 4) is 0 Å². The fourth-order valence-electron chi connectivity index (χ4n) is 0.894. The summed E-state index contributed by atoms with van der Waals surface area (Å²) in [6, 6.07) is 3.39. The molecule has 1 rings (SSSR count). The van der Waals surface area contributed by atoms with Gasteiger partial charge in [0.2, 0.25) is 5.91 Å². The van der Waals surface area contributed by atoms with E-state index in [0.717, 1.165) is 0 Å². The van der Waals surface area contributed by atoms with Crippen LogP contribution >= 0.6 is 0 Å². The minimum absolute atomic E-state index is 0.0759. The van der Waals surface area contributed by atoms with E-state index in [0.29, 0.717) is 5.69 Å². The smallest absolute Gasteiger partial charge is 0.229 e. The zero-order valence-electron chi connectivity index (χ0n) is 7.70. The number of hydrogen-bond acceptors (Lipinski definition) is 2. The minimum atomic E-state index is -0.181. The van der Waals surface area contributed by atoms with Crippen LogP contribution in [0.25, 0.3) is 0 Å². The molecule has 13 heavy (non-hydrogen) atoms. The molecule has 0 unspecified atom stereocenters. The van der Waals surface area contributed by atoms with E-state index in [9.17, 15) is 9.59 Å². The average molecular weight is 180 g/mol. The summed E-state index contributed by atoms with van der Waals surface area (Å²) in [4.78, 5) is 26.6. The van der Waals surface area contributed by atoms with E-state index >= 15 is 0 Å². The topological polar surface area (TPSA) is 53.2 Å². The molecule has 0 aromatic carbocycles. The van der Waals surface area contributed by atoms with Crippen molar-refractivity contribution in [1.29, 1.82) is 0 Å². The number of Topliss-reactive ketones (excluding diaryl/α,β-unsaturated/α-hetero) is 1. The Hall–Kier alpha value is -1.58. The third-order valence-electron chi connectivity index (χ3n) is 1.71. The number of carbonyl (C=O) groups is 2. The molecule has 1 aromatic rings. The van der Waals surface area contributed by atoms with Crippen LogP contribution in [0.15, 0.2) is 18.3 Å². The molecule has 70 valence electrons. The van der Waals surface area contributed by atoms with Gasteiger partial charge in [0.15, 0.2) is 5.78 Å². The highest BCUT2D eigenvalue weighted by Gasteiger charge is 2.13. The third-order valence-corrected chi connectivity index (χ3v) is 1.71. The number of aromatic nitrogens is 1. The van der Waals surface area contributed by atoms with Crippen molar-refractivity contribution in [3.63, 3.8) is 0 Å². The second-order valence-electron chi connectivity index (χ2n) is 2.97. The molecule has 0 radical (unpaired) electrons. The molecule has 0 bridgehead atoms. The second-order valence-corrected chi connectivity index (χ2v) is 2.97. The summed E-state index contributed by atoms with van der Waals surface area (Å²) >= 11 is 0. The second kappa shape index (κ2) is 3.89. The Labute approximate surface area is 76.5 Å². The zero-order chi connectivity index (χ0) is 9.84. The first-order chi connectivity index (χ1) is 6.11. The van der Waals surface area contributed by atoms with E-state index in [1.165, 1.54) is 4.90 Å². The molecular weight excluding hydrogens is 168 g/mol. The summed E-state index contributed by atoms with van der Waals surface area (Å²) < 4.78 is 0. The van der Waals surface area contributed by atoms with Crippen LogP contribution in [-0.4, -0.2) is 35.7 Å². The van der Waals surface area contributed by atoms with Gasteiger partial charge in [0, 0.05) is 20.3 Å². The van der Waals surface area contributed by atoms with Crippen LogP contribution in [0.3, 0.4) is 0 Å². The van der Waals surface area contributed by atoms with Crippen molar-refractivity contribution in [2.24, 2.45) is 0 Å². The van der Waals surface area contributed by atoms with Crippen molar-refractivity contribution >= 4 is 11.7 Å². The van der Waals surface area contributed by atoms with Crippen molar-refractivity contribution in [1.82, 2.24) is 9.88 Å². The predicted octanol–water partition coefficient (Wildman–Crippen LogP) is 0.676. The molecule has 0 saturated heterocycles. The maximum atomic E-state index is 11.3. The first-order valence-electron chi connectivity index (χ1n) is 3.98. The van der Waals surface area contributed by atoms with Gasteiger partial charge in [-0.3, -0.25) is 9.59 Å². The Morgan fingerprint density at radius 2 is 2.15 bits per heavy atom. The molecule has 4 nitrogen and oxygen atoms in total. The van der Waals surface area contributed by atoms with Crippen molar-refractivity contribution < 1.29 is 9.59 Å². The molecule has 0 spiro atoms. The molecule has 0 saturated carbocycles. The lowest BCUT2D eigenvalue weighted by atomic mass is 10.2. The highest BCUT2D eigenvalue weighted by atomic mass is 16.2. The maximum absolute atomic E-state index is 11.3. The van der Waals surface area contributed by atoms with E-state index in [1.807, 2.05) is 0 Å². The standard InChI is InChI=1S/C9H12N2O2/c1-11(2)9(13)6-8(12)7-4-3-5-10-7/h3-5,10H,6H2,1-2H3. The van der Waals surface area contributed by atoms with Gasteiger partial charge in [0.25, 0.3) is 0 Å². The first-order valence-corrected chi connectivity index (χ1v) is 3.98. The van der Waals surface area contributed by atoms with Crippen LogP contribution in [0.4, 0.5) is 0 Å². The number of rotatable bonds is 3. The van der Waals surface area contributed by atoms with E-state index in [-0.39, 0.29) is 18.1 Å². The van der Waals surface area contributed by atoms with Crippen LogP contribution in [0, 0.1) is 0 Å². The molecule has 1 N–H and O–H groups in total.